The number of rotatable bonds is 10. The Bertz CT molecular complexity index is 3400. The molecule has 0 saturated carbocycles. The highest BCUT2D eigenvalue weighted by Crippen LogP contribution is 2.42. The number of pyridine rings is 1. The van der Waals surface area contributed by atoms with E-state index in [1.54, 1.807) is 36.4 Å². The normalized spacial score (nSPS) is 13.1. The van der Waals surface area contributed by atoms with E-state index in [9.17, 15) is 115 Å². The molecule has 1 aromatic heterocycles. The van der Waals surface area contributed by atoms with Crippen molar-refractivity contribution in [2.75, 3.05) is 0 Å². The van der Waals surface area contributed by atoms with Crippen molar-refractivity contribution in [2.45, 2.75) is 62.4 Å². The maximum Gasteiger partial charge on any atom is 0.416 e. The van der Waals surface area contributed by atoms with Gasteiger partial charge in [0.05, 0.1) is 50.9 Å². The van der Waals surface area contributed by atoms with Crippen molar-refractivity contribution in [1.29, 1.82) is 0 Å². The lowest BCUT2D eigenvalue weighted by molar-refractivity contribution is -0.688. The number of hydrogen-bond donors (Lipinski definition) is 0. The van der Waals surface area contributed by atoms with Crippen LogP contribution in [0.25, 0.3) is 10.8 Å². The third-order valence-electron chi connectivity index (χ3n) is 13.4. The Balaban J connectivity index is 0.000000302. The minimum atomic E-state index is -6.13. The summed E-state index contributed by atoms with van der Waals surface area (Å²) in [5.41, 5.74) is -28.2. The van der Waals surface area contributed by atoms with Crippen molar-refractivity contribution < 1.29 is 120 Å². The van der Waals surface area contributed by atoms with Crippen molar-refractivity contribution >= 4 is 61.9 Å². The third-order valence-corrected chi connectivity index (χ3v) is 13.6. The average molecular weight is 1260 g/mol. The predicted molar refractivity (Wildman–Crippen MR) is 264 cm³/mol. The number of fused-ring (bicyclic) bond motifs is 1. The lowest BCUT2D eigenvalue weighted by Gasteiger charge is -2.46. The van der Waals surface area contributed by atoms with E-state index in [1.807, 2.05) is 59.3 Å². The Kier molecular flexibility index (Phi) is 17.8. The Morgan fingerprint density at radius 3 is 0.988 bits per heavy atom. The molecule has 454 valence electrons. The number of nitrogens with zero attached hydrogens (tertiary/aromatic N) is 1. The zero-order valence-electron chi connectivity index (χ0n) is 42.3. The lowest BCUT2D eigenvalue weighted by atomic mass is 9.12. The third kappa shape index (κ3) is 14.8. The molecule has 0 radical (unpaired) electrons. The highest BCUT2D eigenvalue weighted by molar-refractivity contribution is 7.20. The number of Topliss-reactive ketones (excluding diaryl/α,β-unsaturated/α-hetero) is 2. The van der Waals surface area contributed by atoms with Crippen molar-refractivity contribution in [1.82, 2.24) is 0 Å². The van der Waals surface area contributed by atoms with Gasteiger partial charge in [-0.25, -0.2) is 0 Å². The van der Waals surface area contributed by atoms with E-state index in [2.05, 4.69) is 0 Å². The molecule has 0 bridgehead atoms. The number of carbonyl (C=O) groups is 2. The van der Waals surface area contributed by atoms with Gasteiger partial charge in [-0.15, -0.1) is 0 Å². The summed E-state index contributed by atoms with van der Waals surface area (Å²) in [5, 5.41) is 2.52. The molecule has 8 rings (SSSR count). The van der Waals surface area contributed by atoms with Gasteiger partial charge in [0, 0.05) is 27.6 Å². The van der Waals surface area contributed by atoms with Crippen LogP contribution in [-0.2, 0) is 62.4 Å². The molecule has 1 heterocycles. The molecule has 0 aliphatic rings. The van der Waals surface area contributed by atoms with Gasteiger partial charge in [0.2, 0.25) is 12.3 Å². The molecule has 0 fully saturated rings. The maximum atomic E-state index is 14.2. The SMILES string of the molecule is FC(F)(F)c1cc([B-](c2cc(C(F)(F)F)cc(C(F)(F)F)c2)(c2cc(C(F)(F)F)cc(C(F)(F)F)c2)c2cc(C(F)(F)F)cc(C(F)(F)F)c2)cc(C(F)(F)F)c1.O=C(Cc1c2ccccc2cc[n+]1CC(=O)c1ccccc1)c1cccc(Cl)c1. The zero-order chi connectivity index (χ0) is 64.1. The molecule has 0 aliphatic carbocycles. The summed E-state index contributed by atoms with van der Waals surface area (Å²) in [5.74, 6) is -0.0351. The summed E-state index contributed by atoms with van der Waals surface area (Å²) in [6.07, 6.45) is -52.7. The van der Waals surface area contributed by atoms with E-state index < -0.39 is 195 Å². The first-order valence-corrected chi connectivity index (χ1v) is 24.4. The van der Waals surface area contributed by atoms with Gasteiger partial charge >= 0.3 is 49.4 Å². The fourth-order valence-electron chi connectivity index (χ4n) is 9.52. The van der Waals surface area contributed by atoms with Gasteiger partial charge < -0.3 is 0 Å². The summed E-state index contributed by atoms with van der Waals surface area (Å²) in [6, 6.07) is 17.2. The van der Waals surface area contributed by atoms with Crippen molar-refractivity contribution in [2.24, 2.45) is 0 Å². The van der Waals surface area contributed by atoms with Crippen LogP contribution in [0, 0.1) is 0 Å². The van der Waals surface area contributed by atoms with E-state index in [0.29, 0.717) is 16.1 Å². The number of alkyl halides is 24. The average Bonchev–Trinajstić information content (AvgIpc) is 0.722. The molecule has 7 aromatic carbocycles. The molecule has 0 aliphatic heterocycles. The summed E-state index contributed by atoms with van der Waals surface area (Å²) in [6.45, 7) is 0.174. The second kappa shape index (κ2) is 23.3. The monoisotopic (exact) mass is 1260 g/mol. The predicted octanol–water partition coefficient (Wildman–Crippen LogP) is 16.3. The number of benzene rings is 7. The summed E-state index contributed by atoms with van der Waals surface area (Å²) < 4.78 is 343. The van der Waals surface area contributed by atoms with Gasteiger partial charge in [0.25, 0.3) is 0 Å². The molecule has 0 amide bonds. The molecule has 0 atom stereocenters. The van der Waals surface area contributed by atoms with E-state index in [4.69, 9.17) is 11.6 Å². The Morgan fingerprint density at radius 1 is 0.349 bits per heavy atom. The first-order valence-electron chi connectivity index (χ1n) is 24.0. The zero-order valence-corrected chi connectivity index (χ0v) is 43.0. The molecule has 0 N–H and O–H groups in total. The maximum absolute atomic E-state index is 14.2. The van der Waals surface area contributed by atoms with Crippen LogP contribution in [0.4, 0.5) is 105 Å². The van der Waals surface area contributed by atoms with Crippen molar-refractivity contribution in [3.63, 3.8) is 0 Å². The second-order valence-electron chi connectivity index (χ2n) is 19.1. The first-order chi connectivity index (χ1) is 39.4. The van der Waals surface area contributed by atoms with Crippen molar-refractivity contribution in [3.8, 4) is 0 Å². The fourth-order valence-corrected chi connectivity index (χ4v) is 9.71. The van der Waals surface area contributed by atoms with E-state index in [-0.39, 0.29) is 24.5 Å². The standard InChI is InChI=1S/C32H12BF24.C25H19ClNO2/c34-25(35,36)13-1-14(26(37,38)39)6-21(5-13)33(22-7-15(27(40,41)42)2-16(8-22)28(43,44)45,23-9-17(29(46,47)48)3-18(10-23)30(49,50)51)24-11-19(31(52,53)54)4-20(12-24)32(55,56)57;26-21-11-6-10-20(15-21)24(28)16-23-22-12-5-4-7-18(22)13-14-27(23)17-25(29)19-8-2-1-3-9-19/h1-12H;1-15H,16-17H2/q-1;+1. The van der Waals surface area contributed by atoms with Crippen LogP contribution >= 0.6 is 11.6 Å². The molecule has 29 heteroatoms. The molecule has 0 unspecified atom stereocenters. The lowest BCUT2D eigenvalue weighted by Crippen LogP contribution is -2.75. The van der Waals surface area contributed by atoms with Gasteiger partial charge in [0.15, 0.2) is 17.7 Å². The van der Waals surface area contributed by atoms with Crippen LogP contribution in [0.2, 0.25) is 5.02 Å². The minimum absolute atomic E-state index is 0.00216. The van der Waals surface area contributed by atoms with E-state index in [1.165, 1.54) is 0 Å². The number of carbonyl (C=O) groups excluding carboxylic acids is 2. The highest BCUT2D eigenvalue weighted by Gasteiger charge is 2.47. The molecule has 86 heavy (non-hydrogen) atoms. The van der Waals surface area contributed by atoms with Crippen LogP contribution < -0.4 is 26.4 Å². The molecule has 8 aromatic rings. The largest absolute Gasteiger partial charge is 0.416 e. The molecule has 0 spiro atoms. The summed E-state index contributed by atoms with van der Waals surface area (Å²) >= 11 is 6.05. The topological polar surface area (TPSA) is 38.0 Å². The van der Waals surface area contributed by atoms with Crippen molar-refractivity contribution in [3.05, 3.63) is 230 Å². The van der Waals surface area contributed by atoms with Gasteiger partial charge in [-0.05, 0) is 47.9 Å². The first kappa shape index (κ1) is 65.5. The van der Waals surface area contributed by atoms with Gasteiger partial charge in [-0.1, -0.05) is 121 Å². The smallest absolute Gasteiger partial charge is 0.294 e. The molecule has 3 nitrogen and oxygen atoms in total. The number of halogens is 25. The van der Waals surface area contributed by atoms with Crippen LogP contribution in [0.15, 0.2) is 164 Å². The molecular formula is C57H31BClF24NO2. The summed E-state index contributed by atoms with van der Waals surface area (Å²) in [4.78, 5) is 25.7. The van der Waals surface area contributed by atoms with E-state index in [0.717, 1.165) is 16.5 Å². The van der Waals surface area contributed by atoms with Gasteiger partial charge in [-0.2, -0.15) is 132 Å². The Morgan fingerprint density at radius 2 is 0.663 bits per heavy atom. The van der Waals surface area contributed by atoms with Crippen LogP contribution in [0.3, 0.4) is 0 Å². The fraction of sp³-hybridized carbons (Fsp3) is 0.175. The highest BCUT2D eigenvalue weighted by atomic mass is 35.5. The number of aromatic nitrogens is 1. The second-order valence-corrected chi connectivity index (χ2v) is 19.5. The molecule has 0 saturated heterocycles. The van der Waals surface area contributed by atoms with Gasteiger partial charge in [0.1, 0.15) is 6.15 Å². The quantitative estimate of drug-likeness (QED) is 0.0592. The van der Waals surface area contributed by atoms with Crippen LogP contribution in [0.5, 0.6) is 0 Å². The van der Waals surface area contributed by atoms with Crippen LogP contribution in [0.1, 0.15) is 70.9 Å². The minimum Gasteiger partial charge on any atom is -0.294 e. The number of hydrogen-bond acceptors (Lipinski definition) is 2. The van der Waals surface area contributed by atoms with Crippen LogP contribution in [-0.4, -0.2) is 17.7 Å². The van der Waals surface area contributed by atoms with Gasteiger partial charge in [-0.3, -0.25) is 9.59 Å². The number of ketones is 2. The Labute approximate surface area is 473 Å². The van der Waals surface area contributed by atoms with E-state index >= 15 is 0 Å². The Hall–Kier alpha value is -8.04. The summed E-state index contributed by atoms with van der Waals surface area (Å²) in [7, 11) is 0. The molecular weight excluding hydrogens is 1230 g/mol.